The highest BCUT2D eigenvalue weighted by Crippen LogP contribution is 2.33. The molecule has 1 amide bonds. The van der Waals surface area contributed by atoms with Gasteiger partial charge in [0.1, 0.15) is 12.4 Å². The topological polar surface area (TPSA) is 59.9 Å². The molecule has 0 bridgehead atoms. The number of aliphatic imine (C=N–C) groups is 1. The number of benzene rings is 3. The van der Waals surface area contributed by atoms with Crippen molar-refractivity contribution in [3.63, 3.8) is 0 Å². The van der Waals surface area contributed by atoms with E-state index in [-0.39, 0.29) is 10.9 Å². The maximum absolute atomic E-state index is 13.4. The summed E-state index contributed by atoms with van der Waals surface area (Å²) in [5, 5.41) is 3.68. The quantitative estimate of drug-likeness (QED) is 0.343. The molecule has 0 saturated carbocycles. The minimum absolute atomic E-state index is 0.0350. The number of carbonyl (C=O) groups excluding carboxylic acids is 1. The van der Waals surface area contributed by atoms with Crippen molar-refractivity contribution in [1.82, 2.24) is 5.32 Å². The van der Waals surface area contributed by atoms with Crippen LogP contribution in [-0.4, -0.2) is 17.7 Å². The molecule has 1 heterocycles. The van der Waals surface area contributed by atoms with Gasteiger partial charge in [0.2, 0.25) is 0 Å². The van der Waals surface area contributed by atoms with Crippen molar-refractivity contribution in [2.24, 2.45) is 4.99 Å². The molecule has 5 nitrogen and oxygen atoms in total. The van der Waals surface area contributed by atoms with E-state index in [1.807, 2.05) is 37.3 Å². The van der Waals surface area contributed by atoms with Crippen LogP contribution in [0.1, 0.15) is 18.1 Å². The SMILES string of the molecule is CCOc1cc(C=C2SC(=Nc3ccc(F)c(Cl)c3)NC2=O)ccc1OCc1ccccc1Cl. The van der Waals surface area contributed by atoms with E-state index in [1.54, 1.807) is 18.2 Å². The zero-order valence-corrected chi connectivity index (χ0v) is 20.3. The Bertz CT molecular complexity index is 1300. The number of hydrogen-bond acceptors (Lipinski definition) is 5. The van der Waals surface area contributed by atoms with Gasteiger partial charge in [-0.05, 0) is 66.7 Å². The largest absolute Gasteiger partial charge is 0.490 e. The highest BCUT2D eigenvalue weighted by molar-refractivity contribution is 8.18. The molecule has 174 valence electrons. The molecule has 1 saturated heterocycles. The molecule has 1 fully saturated rings. The summed E-state index contributed by atoms with van der Waals surface area (Å²) in [7, 11) is 0. The number of amides is 1. The molecule has 3 aromatic rings. The van der Waals surface area contributed by atoms with E-state index >= 15 is 0 Å². The summed E-state index contributed by atoms with van der Waals surface area (Å²) in [6, 6.07) is 17.0. The standard InChI is InChI=1S/C25H19Cl2FN2O3S/c1-2-32-22-11-15(7-10-21(22)33-14-16-5-3-4-6-18(16)26)12-23-24(31)30-25(34-23)29-17-8-9-20(28)19(27)13-17/h3-13H,2,14H2,1H3,(H,29,30,31). The fourth-order valence-corrected chi connectivity index (χ4v) is 4.28. The average Bonchev–Trinajstić information content (AvgIpc) is 3.15. The van der Waals surface area contributed by atoms with E-state index in [0.717, 1.165) is 11.1 Å². The summed E-state index contributed by atoms with van der Waals surface area (Å²) >= 11 is 13.2. The van der Waals surface area contributed by atoms with Crippen LogP contribution in [0, 0.1) is 5.82 Å². The fourth-order valence-electron chi connectivity index (χ4n) is 3.08. The second kappa shape index (κ2) is 11.0. The van der Waals surface area contributed by atoms with Gasteiger partial charge in [0.15, 0.2) is 16.7 Å². The second-order valence-corrected chi connectivity index (χ2v) is 8.94. The first-order valence-electron chi connectivity index (χ1n) is 10.3. The van der Waals surface area contributed by atoms with Crippen LogP contribution >= 0.6 is 35.0 Å². The molecule has 0 aromatic heterocycles. The van der Waals surface area contributed by atoms with Gasteiger partial charge in [-0.2, -0.15) is 0 Å². The summed E-state index contributed by atoms with van der Waals surface area (Å²) < 4.78 is 25.0. The first-order chi connectivity index (χ1) is 16.4. The lowest BCUT2D eigenvalue weighted by Gasteiger charge is -2.13. The minimum Gasteiger partial charge on any atom is -0.490 e. The van der Waals surface area contributed by atoms with Crippen molar-refractivity contribution in [1.29, 1.82) is 0 Å². The highest BCUT2D eigenvalue weighted by Gasteiger charge is 2.24. The normalized spacial score (nSPS) is 15.6. The number of rotatable bonds is 7. The molecular formula is C25H19Cl2FN2O3S. The number of hydrogen-bond donors (Lipinski definition) is 1. The van der Waals surface area contributed by atoms with E-state index in [9.17, 15) is 9.18 Å². The van der Waals surface area contributed by atoms with E-state index in [2.05, 4.69) is 10.3 Å². The van der Waals surface area contributed by atoms with Gasteiger partial charge in [-0.3, -0.25) is 4.79 Å². The van der Waals surface area contributed by atoms with Gasteiger partial charge in [0.05, 0.1) is 22.2 Å². The van der Waals surface area contributed by atoms with Gasteiger partial charge in [-0.1, -0.05) is 47.5 Å². The van der Waals surface area contributed by atoms with Crippen LogP contribution in [0.25, 0.3) is 6.08 Å². The number of amidine groups is 1. The molecule has 0 radical (unpaired) electrons. The molecular weight excluding hydrogens is 498 g/mol. The van der Waals surface area contributed by atoms with Crippen molar-refractivity contribution in [3.05, 3.63) is 92.6 Å². The predicted molar refractivity (Wildman–Crippen MR) is 136 cm³/mol. The first-order valence-corrected chi connectivity index (χ1v) is 11.9. The lowest BCUT2D eigenvalue weighted by Crippen LogP contribution is -2.19. The maximum Gasteiger partial charge on any atom is 0.264 e. The monoisotopic (exact) mass is 516 g/mol. The molecule has 0 unspecified atom stereocenters. The summed E-state index contributed by atoms with van der Waals surface area (Å²) in [6.07, 6.45) is 1.74. The van der Waals surface area contributed by atoms with Crippen LogP contribution in [0.2, 0.25) is 10.0 Å². The van der Waals surface area contributed by atoms with Crippen molar-refractivity contribution in [3.8, 4) is 11.5 Å². The van der Waals surface area contributed by atoms with Crippen LogP contribution in [0.5, 0.6) is 11.5 Å². The number of thioether (sulfide) groups is 1. The zero-order valence-electron chi connectivity index (χ0n) is 18.0. The van der Waals surface area contributed by atoms with Gasteiger partial charge >= 0.3 is 0 Å². The summed E-state index contributed by atoms with van der Waals surface area (Å²) in [6.45, 7) is 2.63. The average molecular weight is 517 g/mol. The summed E-state index contributed by atoms with van der Waals surface area (Å²) in [4.78, 5) is 17.2. The Kier molecular flexibility index (Phi) is 7.77. The zero-order chi connectivity index (χ0) is 24.1. The van der Waals surface area contributed by atoms with Crippen LogP contribution in [-0.2, 0) is 11.4 Å². The second-order valence-electron chi connectivity index (χ2n) is 7.10. The molecule has 34 heavy (non-hydrogen) atoms. The van der Waals surface area contributed by atoms with E-state index in [4.69, 9.17) is 32.7 Å². The van der Waals surface area contributed by atoms with Gasteiger partial charge in [0.25, 0.3) is 5.91 Å². The molecule has 1 aliphatic rings. The molecule has 4 rings (SSSR count). The molecule has 0 aliphatic carbocycles. The third kappa shape index (κ3) is 5.91. The first kappa shape index (κ1) is 24.1. The molecule has 1 N–H and O–H groups in total. The number of halogens is 3. The molecule has 3 aromatic carbocycles. The number of nitrogens with one attached hydrogen (secondary N) is 1. The lowest BCUT2D eigenvalue weighted by molar-refractivity contribution is -0.115. The fraction of sp³-hybridized carbons (Fsp3) is 0.120. The van der Waals surface area contributed by atoms with Gasteiger partial charge in [-0.15, -0.1) is 0 Å². The Morgan fingerprint density at radius 3 is 2.62 bits per heavy atom. The van der Waals surface area contributed by atoms with Crippen LogP contribution in [0.3, 0.4) is 0 Å². The van der Waals surface area contributed by atoms with Crippen molar-refractivity contribution >= 4 is 57.8 Å². The number of carbonyl (C=O) groups is 1. The van der Waals surface area contributed by atoms with Gasteiger partial charge in [-0.25, -0.2) is 9.38 Å². The number of nitrogens with zero attached hydrogens (tertiary/aromatic N) is 1. The smallest absolute Gasteiger partial charge is 0.264 e. The Labute approximate surface area is 210 Å². The lowest BCUT2D eigenvalue weighted by atomic mass is 10.2. The van der Waals surface area contributed by atoms with E-state index < -0.39 is 5.82 Å². The predicted octanol–water partition coefficient (Wildman–Crippen LogP) is 7.00. The molecule has 9 heteroatoms. The van der Waals surface area contributed by atoms with Crippen molar-refractivity contribution in [2.75, 3.05) is 6.61 Å². The summed E-state index contributed by atoms with van der Waals surface area (Å²) in [5.41, 5.74) is 2.07. The molecule has 0 spiro atoms. The third-order valence-corrected chi connectivity index (χ3v) is 6.26. The Morgan fingerprint density at radius 1 is 1.03 bits per heavy atom. The van der Waals surface area contributed by atoms with Crippen LogP contribution in [0.4, 0.5) is 10.1 Å². The van der Waals surface area contributed by atoms with Crippen LogP contribution in [0.15, 0.2) is 70.6 Å². The third-order valence-electron chi connectivity index (χ3n) is 4.69. The molecule has 1 aliphatic heterocycles. The van der Waals surface area contributed by atoms with E-state index in [0.29, 0.717) is 45.5 Å². The van der Waals surface area contributed by atoms with Gasteiger partial charge in [0, 0.05) is 10.6 Å². The van der Waals surface area contributed by atoms with Crippen LogP contribution < -0.4 is 14.8 Å². The van der Waals surface area contributed by atoms with Gasteiger partial charge < -0.3 is 14.8 Å². The Balaban J connectivity index is 1.52. The number of ether oxygens (including phenoxy) is 2. The maximum atomic E-state index is 13.4. The van der Waals surface area contributed by atoms with E-state index in [1.165, 1.54) is 30.0 Å². The highest BCUT2D eigenvalue weighted by atomic mass is 35.5. The Hall–Kier alpha value is -3.00. The molecule has 0 atom stereocenters. The van der Waals surface area contributed by atoms with Crippen molar-refractivity contribution in [2.45, 2.75) is 13.5 Å². The van der Waals surface area contributed by atoms with Crippen molar-refractivity contribution < 1.29 is 18.7 Å². The minimum atomic E-state index is -0.529. The Morgan fingerprint density at radius 2 is 1.85 bits per heavy atom. The summed E-state index contributed by atoms with van der Waals surface area (Å²) in [5.74, 6) is 0.317.